The van der Waals surface area contributed by atoms with Crippen LogP contribution < -0.4 is 4.74 Å². The van der Waals surface area contributed by atoms with Gasteiger partial charge >= 0.3 is 0 Å². The number of para-hydroxylation sites is 2. The molecule has 0 atom stereocenters. The Bertz CT molecular complexity index is 1290. The van der Waals surface area contributed by atoms with Gasteiger partial charge in [-0.05, 0) is 37.3 Å². The van der Waals surface area contributed by atoms with Crippen LogP contribution in [0.2, 0.25) is 0 Å². The minimum absolute atomic E-state index is 0.0471. The topological polar surface area (TPSA) is 89.1 Å². The molecule has 1 amide bonds. The van der Waals surface area contributed by atoms with Crippen molar-refractivity contribution in [2.45, 2.75) is 6.92 Å². The lowest BCUT2D eigenvalue weighted by atomic mass is 10.1. The molecule has 4 aromatic rings. The maximum atomic E-state index is 12.7. The zero-order valence-electron chi connectivity index (χ0n) is 16.8. The highest BCUT2D eigenvalue weighted by Crippen LogP contribution is 2.38. The summed E-state index contributed by atoms with van der Waals surface area (Å²) < 4.78 is 6.99. The van der Waals surface area contributed by atoms with Gasteiger partial charge in [0.05, 0.1) is 29.6 Å². The zero-order chi connectivity index (χ0) is 21.3. The number of ether oxygens (including phenoxy) is 1. The predicted octanol–water partition coefficient (Wildman–Crippen LogP) is 5.19. The Balaban J connectivity index is 1.66. The number of aromatic hydroxyl groups is 1. The number of amides is 1. The van der Waals surface area contributed by atoms with Gasteiger partial charge in [0.1, 0.15) is 5.75 Å². The number of azo groups is 1. The lowest BCUT2D eigenvalue weighted by Crippen LogP contribution is -2.01. The average Bonchev–Trinajstić information content (AvgIpc) is 3.02. The Kier molecular flexibility index (Phi) is 5.02. The summed E-state index contributed by atoms with van der Waals surface area (Å²) in [6.45, 7) is 1.75. The quantitative estimate of drug-likeness (QED) is 0.478. The molecule has 0 aliphatic heterocycles. The van der Waals surface area contributed by atoms with Gasteiger partial charge in [0, 0.05) is 18.0 Å². The number of pyridine rings is 1. The van der Waals surface area contributed by atoms with Gasteiger partial charge in [0.2, 0.25) is 5.88 Å². The fourth-order valence-corrected chi connectivity index (χ4v) is 3.40. The summed E-state index contributed by atoms with van der Waals surface area (Å²) in [6, 6.07) is 18.4. The largest absolute Gasteiger partial charge is 0.496 e. The van der Waals surface area contributed by atoms with Crippen molar-refractivity contribution in [2.75, 3.05) is 7.11 Å². The molecule has 30 heavy (non-hydrogen) atoms. The highest BCUT2D eigenvalue weighted by atomic mass is 16.5. The number of benzene rings is 2. The van der Waals surface area contributed by atoms with Crippen LogP contribution in [0.1, 0.15) is 16.1 Å². The molecule has 2 aromatic heterocycles. The number of methoxy groups -OCH3 is 1. The highest BCUT2D eigenvalue weighted by molar-refractivity contribution is 5.98. The summed E-state index contributed by atoms with van der Waals surface area (Å²) in [4.78, 5) is 17.2. The van der Waals surface area contributed by atoms with Crippen molar-refractivity contribution in [3.8, 4) is 22.9 Å². The molecule has 1 N–H and O–H groups in total. The second kappa shape index (κ2) is 7.79. The molecule has 0 saturated carbocycles. The SMILES string of the molecule is COc1ccccc1-c1ccc(C(=O)N=Nc2c(O)n(C)c3ccccc23)c(C)n1. The van der Waals surface area contributed by atoms with Crippen molar-refractivity contribution >= 4 is 22.5 Å². The zero-order valence-corrected chi connectivity index (χ0v) is 16.8. The molecule has 0 saturated heterocycles. The smallest absolute Gasteiger partial charge is 0.297 e. The lowest BCUT2D eigenvalue weighted by molar-refractivity contribution is 0.0994. The third-order valence-electron chi connectivity index (χ3n) is 4.99. The molecule has 4 rings (SSSR count). The lowest BCUT2D eigenvalue weighted by Gasteiger charge is -2.09. The molecule has 7 nitrogen and oxygen atoms in total. The minimum Gasteiger partial charge on any atom is -0.496 e. The van der Waals surface area contributed by atoms with Crippen LogP contribution in [0.3, 0.4) is 0 Å². The molecule has 0 spiro atoms. The molecule has 7 heteroatoms. The first-order valence-electron chi connectivity index (χ1n) is 9.34. The summed E-state index contributed by atoms with van der Waals surface area (Å²) in [5.74, 6) is 0.127. The number of carbonyl (C=O) groups excluding carboxylic acids is 1. The van der Waals surface area contributed by atoms with E-state index in [1.807, 2.05) is 48.5 Å². The Morgan fingerprint density at radius 3 is 2.57 bits per heavy atom. The van der Waals surface area contributed by atoms with Crippen LogP contribution in [0.4, 0.5) is 5.69 Å². The van der Waals surface area contributed by atoms with E-state index in [4.69, 9.17) is 4.74 Å². The molecule has 0 aliphatic rings. The van der Waals surface area contributed by atoms with E-state index in [1.54, 1.807) is 37.8 Å². The van der Waals surface area contributed by atoms with Gasteiger partial charge in [0.25, 0.3) is 5.91 Å². The molecule has 0 fully saturated rings. The van der Waals surface area contributed by atoms with Crippen molar-refractivity contribution in [2.24, 2.45) is 17.3 Å². The van der Waals surface area contributed by atoms with E-state index in [9.17, 15) is 9.90 Å². The van der Waals surface area contributed by atoms with E-state index < -0.39 is 5.91 Å². The molecular weight excluding hydrogens is 380 g/mol. The molecule has 0 unspecified atom stereocenters. The van der Waals surface area contributed by atoms with Crippen LogP contribution in [0.25, 0.3) is 22.2 Å². The van der Waals surface area contributed by atoms with Crippen LogP contribution in [-0.4, -0.2) is 27.7 Å². The number of hydrogen-bond acceptors (Lipinski definition) is 5. The molecule has 0 aliphatic carbocycles. The Labute approximate surface area is 173 Å². The maximum Gasteiger partial charge on any atom is 0.297 e. The van der Waals surface area contributed by atoms with Crippen LogP contribution in [0.5, 0.6) is 11.6 Å². The first-order valence-corrected chi connectivity index (χ1v) is 9.34. The molecule has 150 valence electrons. The summed E-state index contributed by atoms with van der Waals surface area (Å²) in [7, 11) is 3.33. The third-order valence-corrected chi connectivity index (χ3v) is 4.99. The van der Waals surface area contributed by atoms with E-state index >= 15 is 0 Å². The third kappa shape index (κ3) is 3.30. The number of hydrogen-bond donors (Lipinski definition) is 1. The van der Waals surface area contributed by atoms with Crippen molar-refractivity contribution < 1.29 is 14.6 Å². The standard InChI is InChI=1S/C23H20N4O3/c1-14-15(12-13-18(24-14)16-8-5-7-11-20(16)30-3)22(28)26-25-21-17-9-4-6-10-19(17)27(2)23(21)29/h4-13,29H,1-3H3. The van der Waals surface area contributed by atoms with Gasteiger partial charge in [-0.1, -0.05) is 30.3 Å². The Morgan fingerprint density at radius 1 is 1.07 bits per heavy atom. The first kappa shape index (κ1) is 19.3. The molecular formula is C23H20N4O3. The summed E-state index contributed by atoms with van der Waals surface area (Å²) in [5.41, 5.74) is 3.48. The number of aryl methyl sites for hydroxylation is 2. The van der Waals surface area contributed by atoms with Gasteiger partial charge in [-0.15, -0.1) is 10.2 Å². The minimum atomic E-state index is -0.529. The number of carbonyl (C=O) groups is 1. The van der Waals surface area contributed by atoms with E-state index in [-0.39, 0.29) is 11.6 Å². The number of aromatic nitrogens is 2. The van der Waals surface area contributed by atoms with Crippen LogP contribution in [0.15, 0.2) is 70.9 Å². The molecule has 0 radical (unpaired) electrons. The van der Waals surface area contributed by atoms with Gasteiger partial charge in [-0.25, -0.2) is 0 Å². The molecule has 2 heterocycles. The van der Waals surface area contributed by atoms with Crippen molar-refractivity contribution in [3.63, 3.8) is 0 Å². The summed E-state index contributed by atoms with van der Waals surface area (Å²) >= 11 is 0. The molecule has 2 aromatic carbocycles. The molecule has 0 bridgehead atoms. The van der Waals surface area contributed by atoms with Gasteiger partial charge in [-0.3, -0.25) is 9.78 Å². The summed E-state index contributed by atoms with van der Waals surface area (Å²) in [5, 5.41) is 18.9. The van der Waals surface area contributed by atoms with E-state index in [0.29, 0.717) is 22.7 Å². The Morgan fingerprint density at radius 2 is 1.80 bits per heavy atom. The first-order chi connectivity index (χ1) is 14.5. The van der Waals surface area contributed by atoms with E-state index in [2.05, 4.69) is 15.2 Å². The Hall–Kier alpha value is -4.00. The van der Waals surface area contributed by atoms with Crippen molar-refractivity contribution in [3.05, 3.63) is 71.9 Å². The van der Waals surface area contributed by atoms with Crippen molar-refractivity contribution in [1.29, 1.82) is 0 Å². The van der Waals surface area contributed by atoms with Crippen LogP contribution in [-0.2, 0) is 7.05 Å². The normalized spacial score (nSPS) is 11.3. The number of rotatable bonds is 4. The van der Waals surface area contributed by atoms with E-state index in [0.717, 1.165) is 16.5 Å². The predicted molar refractivity (Wildman–Crippen MR) is 114 cm³/mol. The van der Waals surface area contributed by atoms with Crippen LogP contribution in [0, 0.1) is 6.92 Å². The maximum absolute atomic E-state index is 12.7. The second-order valence-corrected chi connectivity index (χ2v) is 6.78. The van der Waals surface area contributed by atoms with Gasteiger partial charge < -0.3 is 14.4 Å². The second-order valence-electron chi connectivity index (χ2n) is 6.78. The van der Waals surface area contributed by atoms with Gasteiger partial charge in [-0.2, -0.15) is 0 Å². The number of fused-ring (bicyclic) bond motifs is 1. The van der Waals surface area contributed by atoms with Crippen molar-refractivity contribution in [1.82, 2.24) is 9.55 Å². The van der Waals surface area contributed by atoms with Crippen LogP contribution >= 0.6 is 0 Å². The fourth-order valence-electron chi connectivity index (χ4n) is 3.40. The van der Waals surface area contributed by atoms with E-state index in [1.165, 1.54) is 0 Å². The van der Waals surface area contributed by atoms with Gasteiger partial charge in [0.15, 0.2) is 5.69 Å². The summed E-state index contributed by atoms with van der Waals surface area (Å²) in [6.07, 6.45) is 0. The average molecular weight is 400 g/mol. The monoisotopic (exact) mass is 400 g/mol. The fraction of sp³-hybridized carbons (Fsp3) is 0.130. The number of nitrogens with zero attached hydrogens (tertiary/aromatic N) is 4. The highest BCUT2D eigenvalue weighted by Gasteiger charge is 2.16.